The summed E-state index contributed by atoms with van der Waals surface area (Å²) in [5.74, 6) is 0. The Morgan fingerprint density at radius 3 is 2.50 bits per heavy atom. The van der Waals surface area contributed by atoms with Crippen LogP contribution >= 0.6 is 15.9 Å². The molecule has 0 atom stereocenters. The molecule has 0 bridgehead atoms. The quantitative estimate of drug-likeness (QED) is 0.888. The Balaban J connectivity index is 2.25. The number of hydrogen-bond acceptors (Lipinski definition) is 3. The third-order valence-corrected chi connectivity index (χ3v) is 5.86. The lowest BCUT2D eigenvalue weighted by Crippen LogP contribution is -2.52. The van der Waals surface area contributed by atoms with Crippen molar-refractivity contribution >= 4 is 26.0 Å². The van der Waals surface area contributed by atoms with Gasteiger partial charge in [0.2, 0.25) is 10.0 Å². The normalized spacial score (nSPS) is 19.7. The molecule has 1 aromatic carbocycles. The van der Waals surface area contributed by atoms with Crippen molar-refractivity contribution in [3.05, 3.63) is 28.7 Å². The Morgan fingerprint density at radius 2 is 1.89 bits per heavy atom. The van der Waals surface area contributed by atoms with Crippen LogP contribution in [0.25, 0.3) is 0 Å². The van der Waals surface area contributed by atoms with Crippen LogP contribution < -0.4 is 10.0 Å². The van der Waals surface area contributed by atoms with Gasteiger partial charge in [0, 0.05) is 10.0 Å². The first-order valence-corrected chi connectivity index (χ1v) is 8.20. The lowest BCUT2D eigenvalue weighted by Gasteiger charge is -2.34. The van der Waals surface area contributed by atoms with Gasteiger partial charge in [-0.3, -0.25) is 0 Å². The second-order valence-electron chi connectivity index (χ2n) is 4.85. The molecule has 1 aliphatic heterocycles. The Labute approximate surface area is 116 Å². The van der Waals surface area contributed by atoms with Crippen LogP contribution in [0.1, 0.15) is 19.8 Å². The SMILES string of the molecule is CC1(NS(=O)(=O)c2ccccc2Br)CCNCC1. The maximum atomic E-state index is 12.4. The number of halogens is 1. The molecule has 0 amide bonds. The summed E-state index contributed by atoms with van der Waals surface area (Å²) >= 11 is 3.28. The minimum Gasteiger partial charge on any atom is -0.317 e. The maximum absolute atomic E-state index is 12.4. The van der Waals surface area contributed by atoms with Gasteiger partial charge in [-0.2, -0.15) is 0 Å². The largest absolute Gasteiger partial charge is 0.317 e. The van der Waals surface area contributed by atoms with E-state index in [0.29, 0.717) is 9.37 Å². The Morgan fingerprint density at radius 1 is 1.28 bits per heavy atom. The fourth-order valence-corrected chi connectivity index (χ4v) is 4.59. The number of nitrogens with one attached hydrogen (secondary N) is 2. The molecule has 0 radical (unpaired) electrons. The Bertz CT molecular complexity index is 525. The molecular formula is C12H17BrN2O2S. The van der Waals surface area contributed by atoms with E-state index in [1.807, 2.05) is 6.92 Å². The number of sulfonamides is 1. The van der Waals surface area contributed by atoms with Crippen molar-refractivity contribution in [1.82, 2.24) is 10.0 Å². The summed E-state index contributed by atoms with van der Waals surface area (Å²) in [5.41, 5.74) is -0.362. The van der Waals surface area contributed by atoms with Crippen LogP contribution in [-0.2, 0) is 10.0 Å². The van der Waals surface area contributed by atoms with Gasteiger partial charge in [0.15, 0.2) is 0 Å². The van der Waals surface area contributed by atoms with Crippen molar-refractivity contribution in [2.45, 2.75) is 30.2 Å². The lowest BCUT2D eigenvalue weighted by atomic mass is 9.92. The van der Waals surface area contributed by atoms with Crippen molar-refractivity contribution in [3.8, 4) is 0 Å². The van der Waals surface area contributed by atoms with Crippen molar-refractivity contribution in [1.29, 1.82) is 0 Å². The van der Waals surface area contributed by atoms with E-state index in [1.165, 1.54) is 0 Å². The lowest BCUT2D eigenvalue weighted by molar-refractivity contribution is 0.308. The van der Waals surface area contributed by atoms with Gasteiger partial charge in [0.25, 0.3) is 0 Å². The molecule has 0 aliphatic carbocycles. The molecule has 1 saturated heterocycles. The molecule has 4 nitrogen and oxygen atoms in total. The molecule has 0 unspecified atom stereocenters. The fraction of sp³-hybridized carbons (Fsp3) is 0.500. The molecule has 100 valence electrons. The average molecular weight is 333 g/mol. The van der Waals surface area contributed by atoms with Gasteiger partial charge in [-0.15, -0.1) is 0 Å². The van der Waals surface area contributed by atoms with Crippen LogP contribution in [-0.4, -0.2) is 27.0 Å². The average Bonchev–Trinajstić information content (AvgIpc) is 2.28. The van der Waals surface area contributed by atoms with Crippen molar-refractivity contribution in [2.75, 3.05) is 13.1 Å². The third kappa shape index (κ3) is 3.12. The monoisotopic (exact) mass is 332 g/mol. The summed E-state index contributed by atoms with van der Waals surface area (Å²) in [6.45, 7) is 3.65. The van der Waals surface area contributed by atoms with Gasteiger partial charge in [-0.1, -0.05) is 12.1 Å². The fourth-order valence-electron chi connectivity index (χ4n) is 2.12. The summed E-state index contributed by atoms with van der Waals surface area (Å²) in [5, 5.41) is 3.23. The molecule has 0 spiro atoms. The van der Waals surface area contributed by atoms with Crippen molar-refractivity contribution < 1.29 is 8.42 Å². The molecule has 6 heteroatoms. The molecular weight excluding hydrogens is 316 g/mol. The van der Waals surface area contributed by atoms with Crippen LogP contribution in [0.3, 0.4) is 0 Å². The molecule has 2 N–H and O–H groups in total. The zero-order valence-electron chi connectivity index (χ0n) is 10.2. The van der Waals surface area contributed by atoms with Gasteiger partial charge in [0.1, 0.15) is 0 Å². The molecule has 1 aliphatic rings. The van der Waals surface area contributed by atoms with E-state index in [0.717, 1.165) is 25.9 Å². The van der Waals surface area contributed by atoms with Gasteiger partial charge >= 0.3 is 0 Å². The number of benzene rings is 1. The highest BCUT2D eigenvalue weighted by Gasteiger charge is 2.32. The van der Waals surface area contributed by atoms with E-state index in [-0.39, 0.29) is 5.54 Å². The van der Waals surface area contributed by atoms with Crippen LogP contribution in [0.15, 0.2) is 33.6 Å². The highest BCUT2D eigenvalue weighted by Crippen LogP contribution is 2.25. The van der Waals surface area contributed by atoms with Crippen molar-refractivity contribution in [2.24, 2.45) is 0 Å². The zero-order chi connectivity index (χ0) is 13.2. The standard InChI is InChI=1S/C12H17BrN2O2S/c1-12(6-8-14-9-7-12)15-18(16,17)11-5-3-2-4-10(11)13/h2-5,14-15H,6-9H2,1H3. The second kappa shape index (κ2) is 5.28. The van der Waals surface area contributed by atoms with E-state index >= 15 is 0 Å². The smallest absolute Gasteiger partial charge is 0.242 e. The predicted molar refractivity (Wildman–Crippen MR) is 75.0 cm³/mol. The Kier molecular flexibility index (Phi) is 4.11. The van der Waals surface area contributed by atoms with Gasteiger partial charge in [-0.25, -0.2) is 13.1 Å². The first-order chi connectivity index (χ1) is 8.43. The predicted octanol–water partition coefficient (Wildman–Crippen LogP) is 1.87. The highest BCUT2D eigenvalue weighted by molar-refractivity contribution is 9.10. The van der Waals surface area contributed by atoms with Gasteiger partial charge in [0.05, 0.1) is 4.90 Å². The summed E-state index contributed by atoms with van der Waals surface area (Å²) < 4.78 is 28.2. The summed E-state index contributed by atoms with van der Waals surface area (Å²) in [4.78, 5) is 0.296. The summed E-state index contributed by atoms with van der Waals surface area (Å²) in [7, 11) is -3.47. The molecule has 18 heavy (non-hydrogen) atoms. The summed E-state index contributed by atoms with van der Waals surface area (Å²) in [6.07, 6.45) is 1.60. The zero-order valence-corrected chi connectivity index (χ0v) is 12.6. The highest BCUT2D eigenvalue weighted by atomic mass is 79.9. The molecule has 0 aromatic heterocycles. The molecule has 0 saturated carbocycles. The minimum atomic E-state index is -3.47. The van der Waals surface area contributed by atoms with Crippen molar-refractivity contribution in [3.63, 3.8) is 0 Å². The van der Waals surface area contributed by atoms with Crippen LogP contribution in [0, 0.1) is 0 Å². The first-order valence-electron chi connectivity index (χ1n) is 5.92. The maximum Gasteiger partial charge on any atom is 0.242 e. The van der Waals surface area contributed by atoms with Crippen LogP contribution in [0.4, 0.5) is 0 Å². The van der Waals surface area contributed by atoms with E-state index in [2.05, 4.69) is 26.0 Å². The number of piperidine rings is 1. The minimum absolute atomic E-state index is 0.296. The third-order valence-electron chi connectivity index (χ3n) is 3.21. The molecule has 1 heterocycles. The second-order valence-corrected chi connectivity index (χ2v) is 7.35. The van der Waals surface area contributed by atoms with Gasteiger partial charge in [-0.05, 0) is 60.9 Å². The molecule has 1 fully saturated rings. The van der Waals surface area contributed by atoms with Crippen LogP contribution in [0.5, 0.6) is 0 Å². The topological polar surface area (TPSA) is 58.2 Å². The van der Waals surface area contributed by atoms with Crippen LogP contribution in [0.2, 0.25) is 0 Å². The number of rotatable bonds is 3. The molecule has 1 aromatic rings. The van der Waals surface area contributed by atoms with E-state index in [1.54, 1.807) is 24.3 Å². The van der Waals surface area contributed by atoms with Gasteiger partial charge < -0.3 is 5.32 Å². The first kappa shape index (κ1) is 14.0. The molecule has 2 rings (SSSR count). The van der Waals surface area contributed by atoms with E-state index in [4.69, 9.17) is 0 Å². The Hall–Kier alpha value is -0.430. The number of hydrogen-bond donors (Lipinski definition) is 2. The van der Waals surface area contributed by atoms with E-state index in [9.17, 15) is 8.42 Å². The summed E-state index contributed by atoms with van der Waals surface area (Å²) in [6, 6.07) is 6.87. The van der Waals surface area contributed by atoms with E-state index < -0.39 is 10.0 Å².